The number of hydrogen-bond donors (Lipinski definition) is 1. The van der Waals surface area contributed by atoms with E-state index in [0.29, 0.717) is 24.5 Å². The smallest absolute Gasteiger partial charge is 0.317 e. The number of urea groups is 1. The van der Waals surface area contributed by atoms with Gasteiger partial charge in [-0.2, -0.15) is 0 Å². The molecular weight excluding hydrogens is 312 g/mol. The zero-order valence-corrected chi connectivity index (χ0v) is 13.7. The second-order valence-corrected chi connectivity index (χ2v) is 8.18. The third kappa shape index (κ3) is 4.11. The first-order valence-corrected chi connectivity index (χ1v) is 9.07. The average molecular weight is 331 g/mol. The predicted molar refractivity (Wildman–Crippen MR) is 83.2 cm³/mol. The lowest BCUT2D eigenvalue weighted by atomic mass is 10.1. The summed E-state index contributed by atoms with van der Waals surface area (Å²) in [6, 6.07) is 5.29. The Kier molecular flexibility index (Phi) is 4.78. The Labute approximate surface area is 130 Å². The fourth-order valence-corrected chi connectivity index (χ4v) is 3.55. The number of nitrogens with zero attached hydrogens (tertiary/aromatic N) is 1. The first-order chi connectivity index (χ1) is 9.77. The molecule has 1 aromatic carbocycles. The maximum Gasteiger partial charge on any atom is 0.317 e. The van der Waals surface area contributed by atoms with Crippen LogP contribution < -0.4 is 5.32 Å². The quantitative estimate of drug-likeness (QED) is 0.921. The molecule has 0 spiro atoms. The van der Waals surface area contributed by atoms with E-state index in [1.54, 1.807) is 11.0 Å². The van der Waals surface area contributed by atoms with Crippen LogP contribution in [0.3, 0.4) is 0 Å². The van der Waals surface area contributed by atoms with Crippen molar-refractivity contribution in [2.24, 2.45) is 0 Å². The molecule has 1 fully saturated rings. The number of hydrogen-bond acceptors (Lipinski definition) is 3. The lowest BCUT2D eigenvalue weighted by molar-refractivity contribution is 0.208. The van der Waals surface area contributed by atoms with Gasteiger partial charge < -0.3 is 10.2 Å². The molecule has 0 bridgehead atoms. The van der Waals surface area contributed by atoms with Crippen LogP contribution in [0.4, 0.5) is 4.79 Å². The third-order valence-electron chi connectivity index (χ3n) is 3.78. The molecule has 1 N–H and O–H groups in total. The van der Waals surface area contributed by atoms with Gasteiger partial charge in [0.05, 0.1) is 5.25 Å². The molecule has 7 heteroatoms. The Morgan fingerprint density at radius 2 is 2.19 bits per heavy atom. The van der Waals surface area contributed by atoms with Crippen molar-refractivity contribution in [3.05, 3.63) is 34.3 Å². The summed E-state index contributed by atoms with van der Waals surface area (Å²) in [4.78, 5) is 13.6. The summed E-state index contributed by atoms with van der Waals surface area (Å²) >= 11 is 5.94. The first-order valence-electron chi connectivity index (χ1n) is 6.74. The number of aryl methyl sites for hydroxylation is 1. The molecule has 21 heavy (non-hydrogen) atoms. The average Bonchev–Trinajstić information content (AvgIpc) is 2.89. The monoisotopic (exact) mass is 330 g/mol. The largest absolute Gasteiger partial charge is 0.334 e. The van der Waals surface area contributed by atoms with Crippen molar-refractivity contribution >= 4 is 27.5 Å². The van der Waals surface area contributed by atoms with Gasteiger partial charge >= 0.3 is 6.03 Å². The molecule has 2 rings (SSSR count). The normalized spacial score (nSPS) is 18.8. The van der Waals surface area contributed by atoms with Gasteiger partial charge in [0.1, 0.15) is 0 Å². The van der Waals surface area contributed by atoms with Crippen LogP contribution in [0, 0.1) is 6.92 Å². The van der Waals surface area contributed by atoms with Crippen LogP contribution in [-0.2, 0) is 16.4 Å². The van der Waals surface area contributed by atoms with E-state index in [2.05, 4.69) is 5.32 Å². The molecule has 1 saturated heterocycles. The lowest BCUT2D eigenvalue weighted by Crippen LogP contribution is -2.39. The summed E-state index contributed by atoms with van der Waals surface area (Å²) < 4.78 is 23.0. The van der Waals surface area contributed by atoms with Crippen LogP contribution >= 0.6 is 11.6 Å². The second-order valence-electron chi connectivity index (χ2n) is 5.42. The molecule has 1 atom stereocenters. The summed E-state index contributed by atoms with van der Waals surface area (Å²) in [6.07, 6.45) is 1.72. The Bertz CT molecular complexity index is 646. The van der Waals surface area contributed by atoms with Crippen molar-refractivity contribution in [3.63, 3.8) is 0 Å². The topological polar surface area (TPSA) is 66.5 Å². The number of benzene rings is 1. The standard InChI is InChI=1S/C14H19ClN2O3S/c1-10-3-4-12(15)7-11(10)8-16-14(18)17-6-5-13(9-17)21(2,19)20/h3-4,7,13H,5-6,8-9H2,1-2H3,(H,16,18)/t13-/m1/s1. The molecule has 0 unspecified atom stereocenters. The van der Waals surface area contributed by atoms with Gasteiger partial charge in [-0.1, -0.05) is 17.7 Å². The van der Waals surface area contributed by atoms with Gasteiger partial charge in [-0.25, -0.2) is 13.2 Å². The highest BCUT2D eigenvalue weighted by molar-refractivity contribution is 7.91. The third-order valence-corrected chi connectivity index (χ3v) is 5.61. The van der Waals surface area contributed by atoms with Crippen molar-refractivity contribution in [1.82, 2.24) is 10.2 Å². The molecule has 0 radical (unpaired) electrons. The summed E-state index contributed by atoms with van der Waals surface area (Å²) in [5.74, 6) is 0. The predicted octanol–water partition coefficient (Wildman–Crippen LogP) is 1.98. The Hall–Kier alpha value is -1.27. The highest BCUT2D eigenvalue weighted by Gasteiger charge is 2.32. The number of halogens is 1. The minimum atomic E-state index is -3.09. The number of likely N-dealkylation sites (tertiary alicyclic amines) is 1. The van der Waals surface area contributed by atoms with E-state index >= 15 is 0 Å². The van der Waals surface area contributed by atoms with Crippen molar-refractivity contribution in [2.75, 3.05) is 19.3 Å². The van der Waals surface area contributed by atoms with Gasteiger partial charge in [-0.15, -0.1) is 0 Å². The summed E-state index contributed by atoms with van der Waals surface area (Å²) in [5.41, 5.74) is 2.00. The van der Waals surface area contributed by atoms with Crippen LogP contribution in [0.15, 0.2) is 18.2 Å². The van der Waals surface area contributed by atoms with Crippen molar-refractivity contribution in [3.8, 4) is 0 Å². The highest BCUT2D eigenvalue weighted by Crippen LogP contribution is 2.17. The van der Waals surface area contributed by atoms with Crippen LogP contribution in [0.1, 0.15) is 17.5 Å². The molecule has 0 aliphatic carbocycles. The van der Waals surface area contributed by atoms with Gasteiger partial charge in [0.15, 0.2) is 9.84 Å². The summed E-state index contributed by atoms with van der Waals surface area (Å²) in [7, 11) is -3.09. The highest BCUT2D eigenvalue weighted by atomic mass is 35.5. The van der Waals surface area contributed by atoms with Crippen molar-refractivity contribution in [1.29, 1.82) is 0 Å². The molecule has 2 amide bonds. The van der Waals surface area contributed by atoms with Gasteiger partial charge in [0, 0.05) is 30.9 Å². The maximum absolute atomic E-state index is 12.1. The molecule has 1 aliphatic heterocycles. The van der Waals surface area contributed by atoms with E-state index < -0.39 is 15.1 Å². The number of nitrogens with one attached hydrogen (secondary N) is 1. The molecule has 1 aromatic rings. The van der Waals surface area contributed by atoms with Crippen molar-refractivity contribution in [2.45, 2.75) is 25.1 Å². The number of carbonyl (C=O) groups is 1. The number of amides is 2. The van der Waals surface area contributed by atoms with E-state index in [1.165, 1.54) is 6.26 Å². The van der Waals surface area contributed by atoms with Crippen molar-refractivity contribution < 1.29 is 13.2 Å². The second kappa shape index (κ2) is 6.23. The zero-order chi connectivity index (χ0) is 15.6. The Morgan fingerprint density at radius 1 is 1.48 bits per heavy atom. The first kappa shape index (κ1) is 16.1. The Balaban J connectivity index is 1.93. The fourth-order valence-electron chi connectivity index (χ4n) is 2.38. The minimum absolute atomic E-state index is 0.236. The number of carbonyl (C=O) groups excluding carboxylic acids is 1. The summed E-state index contributed by atoms with van der Waals surface area (Å²) in [6.45, 7) is 3.07. The SMILES string of the molecule is Cc1ccc(Cl)cc1CNC(=O)N1CC[C@@H](S(C)(=O)=O)C1. The van der Waals surface area contributed by atoms with Gasteiger partial charge in [-0.05, 0) is 36.6 Å². The van der Waals surface area contributed by atoms with Crippen LogP contribution in [0.25, 0.3) is 0 Å². The Morgan fingerprint density at radius 3 is 2.81 bits per heavy atom. The fraction of sp³-hybridized carbons (Fsp3) is 0.500. The van der Waals surface area contributed by atoms with E-state index in [-0.39, 0.29) is 12.6 Å². The molecule has 0 saturated carbocycles. The maximum atomic E-state index is 12.1. The zero-order valence-electron chi connectivity index (χ0n) is 12.1. The van der Waals surface area contributed by atoms with Gasteiger partial charge in [-0.3, -0.25) is 0 Å². The molecular formula is C14H19ClN2O3S. The van der Waals surface area contributed by atoms with Crippen LogP contribution in [0.5, 0.6) is 0 Å². The van der Waals surface area contributed by atoms with Gasteiger partial charge in [0.2, 0.25) is 0 Å². The van der Waals surface area contributed by atoms with Crippen LogP contribution in [-0.4, -0.2) is 43.9 Å². The van der Waals surface area contributed by atoms with E-state index in [9.17, 15) is 13.2 Å². The number of rotatable bonds is 3. The minimum Gasteiger partial charge on any atom is -0.334 e. The molecule has 116 valence electrons. The van der Waals surface area contributed by atoms with Crippen LogP contribution in [0.2, 0.25) is 5.02 Å². The number of sulfone groups is 1. The van der Waals surface area contributed by atoms with Gasteiger partial charge in [0.25, 0.3) is 0 Å². The van der Waals surface area contributed by atoms with E-state index in [4.69, 9.17) is 11.6 Å². The molecule has 1 heterocycles. The summed E-state index contributed by atoms with van der Waals surface area (Å²) in [5, 5.41) is 2.99. The molecule has 0 aromatic heterocycles. The lowest BCUT2D eigenvalue weighted by Gasteiger charge is -2.17. The molecule has 1 aliphatic rings. The molecule has 5 nitrogen and oxygen atoms in total. The van der Waals surface area contributed by atoms with E-state index in [1.807, 2.05) is 19.1 Å². The van der Waals surface area contributed by atoms with E-state index in [0.717, 1.165) is 11.1 Å².